The number of aryl methyl sites for hydroxylation is 1. The molecule has 0 unspecified atom stereocenters. The molecule has 0 fully saturated rings. The van der Waals surface area contributed by atoms with Gasteiger partial charge >= 0.3 is 5.97 Å². The van der Waals surface area contributed by atoms with Crippen LogP contribution in [0.5, 0.6) is 0 Å². The van der Waals surface area contributed by atoms with Crippen LogP contribution in [0.4, 0.5) is 5.69 Å². The summed E-state index contributed by atoms with van der Waals surface area (Å²) in [6.07, 6.45) is 1.51. The number of anilines is 1. The molecule has 4 nitrogen and oxygen atoms in total. The van der Waals surface area contributed by atoms with E-state index in [2.05, 4.69) is 41.1 Å². The molecule has 0 aliphatic rings. The average Bonchev–Trinajstić information content (AvgIpc) is 2.46. The fourth-order valence-electron chi connectivity index (χ4n) is 2.11. The Labute approximate surface area is 118 Å². The molecule has 0 spiro atoms. The SMILES string of the molecule is CCN(Cc1cccnc1C(=O)O)c1ccc(C)cc1. The normalized spacial score (nSPS) is 10.3. The number of hydrogen-bond donors (Lipinski definition) is 1. The van der Waals surface area contributed by atoms with Gasteiger partial charge in [-0.3, -0.25) is 0 Å². The van der Waals surface area contributed by atoms with E-state index in [9.17, 15) is 9.90 Å². The van der Waals surface area contributed by atoms with E-state index < -0.39 is 5.97 Å². The minimum absolute atomic E-state index is 0.123. The van der Waals surface area contributed by atoms with Crippen LogP contribution in [0.25, 0.3) is 0 Å². The van der Waals surface area contributed by atoms with Crippen molar-refractivity contribution < 1.29 is 9.90 Å². The molecule has 0 aliphatic carbocycles. The molecule has 104 valence electrons. The summed E-state index contributed by atoms with van der Waals surface area (Å²) in [5.41, 5.74) is 3.14. The third-order valence-corrected chi connectivity index (χ3v) is 3.24. The largest absolute Gasteiger partial charge is 0.477 e. The molecule has 1 aromatic heterocycles. The molecule has 0 bridgehead atoms. The second-order valence-electron chi connectivity index (χ2n) is 4.67. The Balaban J connectivity index is 2.27. The summed E-state index contributed by atoms with van der Waals surface area (Å²) in [5.74, 6) is -0.986. The summed E-state index contributed by atoms with van der Waals surface area (Å²) in [6.45, 7) is 5.44. The highest BCUT2D eigenvalue weighted by Crippen LogP contribution is 2.18. The van der Waals surface area contributed by atoms with Crippen molar-refractivity contribution in [3.05, 3.63) is 59.4 Å². The quantitative estimate of drug-likeness (QED) is 0.907. The van der Waals surface area contributed by atoms with Crippen LogP contribution in [0.15, 0.2) is 42.6 Å². The molecule has 0 atom stereocenters. The number of aromatic nitrogens is 1. The van der Waals surface area contributed by atoms with E-state index >= 15 is 0 Å². The summed E-state index contributed by atoms with van der Waals surface area (Å²) in [4.78, 5) is 17.3. The standard InChI is InChI=1S/C16H18N2O2/c1-3-18(14-8-6-12(2)7-9-14)11-13-5-4-10-17-15(13)16(19)20/h4-10H,3,11H2,1-2H3,(H,19,20). The molecule has 1 N–H and O–H groups in total. The molecule has 2 aromatic rings. The van der Waals surface area contributed by atoms with Crippen LogP contribution in [0.3, 0.4) is 0 Å². The first kappa shape index (κ1) is 14.1. The fourth-order valence-corrected chi connectivity index (χ4v) is 2.11. The minimum Gasteiger partial charge on any atom is -0.477 e. The van der Waals surface area contributed by atoms with Crippen molar-refractivity contribution >= 4 is 11.7 Å². The van der Waals surface area contributed by atoms with Crippen LogP contribution in [-0.4, -0.2) is 22.6 Å². The second kappa shape index (κ2) is 6.19. The van der Waals surface area contributed by atoms with Gasteiger partial charge in [-0.2, -0.15) is 0 Å². The molecule has 0 aliphatic heterocycles. The summed E-state index contributed by atoms with van der Waals surface area (Å²) >= 11 is 0. The van der Waals surface area contributed by atoms with Crippen LogP contribution >= 0.6 is 0 Å². The van der Waals surface area contributed by atoms with E-state index in [1.807, 2.05) is 13.0 Å². The third-order valence-electron chi connectivity index (χ3n) is 3.24. The highest BCUT2D eigenvalue weighted by atomic mass is 16.4. The molecular formula is C16H18N2O2. The van der Waals surface area contributed by atoms with Gasteiger partial charge in [-0.25, -0.2) is 9.78 Å². The molecule has 1 aromatic carbocycles. The average molecular weight is 270 g/mol. The Hall–Kier alpha value is -2.36. The Morgan fingerprint density at radius 1 is 1.25 bits per heavy atom. The molecular weight excluding hydrogens is 252 g/mol. The first-order valence-corrected chi connectivity index (χ1v) is 6.60. The zero-order valence-corrected chi connectivity index (χ0v) is 11.7. The number of carboxylic acid groups (broad SMARTS) is 1. The van der Waals surface area contributed by atoms with Crippen molar-refractivity contribution in [1.29, 1.82) is 0 Å². The lowest BCUT2D eigenvalue weighted by molar-refractivity contribution is 0.0689. The van der Waals surface area contributed by atoms with Gasteiger partial charge in [0, 0.05) is 30.5 Å². The van der Waals surface area contributed by atoms with Gasteiger partial charge in [-0.15, -0.1) is 0 Å². The summed E-state index contributed by atoms with van der Waals surface area (Å²) < 4.78 is 0. The fraction of sp³-hybridized carbons (Fsp3) is 0.250. The zero-order valence-electron chi connectivity index (χ0n) is 11.7. The monoisotopic (exact) mass is 270 g/mol. The molecule has 0 saturated heterocycles. The van der Waals surface area contributed by atoms with Crippen molar-refractivity contribution in [2.75, 3.05) is 11.4 Å². The van der Waals surface area contributed by atoms with E-state index in [4.69, 9.17) is 0 Å². The summed E-state index contributed by atoms with van der Waals surface area (Å²) in [5, 5.41) is 9.18. The second-order valence-corrected chi connectivity index (χ2v) is 4.67. The topological polar surface area (TPSA) is 53.4 Å². The van der Waals surface area contributed by atoms with E-state index in [1.165, 1.54) is 11.8 Å². The van der Waals surface area contributed by atoms with Crippen LogP contribution in [-0.2, 0) is 6.54 Å². The van der Waals surface area contributed by atoms with Gasteiger partial charge in [0.1, 0.15) is 0 Å². The molecule has 0 saturated carbocycles. The van der Waals surface area contributed by atoms with Crippen molar-refractivity contribution in [3.63, 3.8) is 0 Å². The van der Waals surface area contributed by atoms with Gasteiger partial charge < -0.3 is 10.0 Å². The van der Waals surface area contributed by atoms with Crippen molar-refractivity contribution in [1.82, 2.24) is 4.98 Å². The molecule has 2 rings (SSSR count). The van der Waals surface area contributed by atoms with Crippen LogP contribution in [0, 0.1) is 6.92 Å². The van der Waals surface area contributed by atoms with Gasteiger partial charge in [0.15, 0.2) is 5.69 Å². The Bertz CT molecular complexity index is 594. The minimum atomic E-state index is -0.986. The lowest BCUT2D eigenvalue weighted by Gasteiger charge is -2.23. The summed E-state index contributed by atoms with van der Waals surface area (Å²) in [6, 6.07) is 11.8. The predicted octanol–water partition coefficient (Wildman–Crippen LogP) is 3.11. The predicted molar refractivity (Wildman–Crippen MR) is 79.1 cm³/mol. The maximum Gasteiger partial charge on any atom is 0.354 e. The highest BCUT2D eigenvalue weighted by Gasteiger charge is 2.14. The highest BCUT2D eigenvalue weighted by molar-refractivity contribution is 5.87. The van der Waals surface area contributed by atoms with Gasteiger partial charge in [0.25, 0.3) is 0 Å². The van der Waals surface area contributed by atoms with Gasteiger partial charge in [-0.05, 0) is 32.0 Å². The van der Waals surface area contributed by atoms with Crippen molar-refractivity contribution in [2.45, 2.75) is 20.4 Å². The molecule has 1 heterocycles. The lowest BCUT2D eigenvalue weighted by Crippen LogP contribution is -2.23. The number of benzene rings is 1. The zero-order chi connectivity index (χ0) is 14.5. The number of pyridine rings is 1. The maximum atomic E-state index is 11.2. The summed E-state index contributed by atoms with van der Waals surface area (Å²) in [7, 11) is 0. The Kier molecular flexibility index (Phi) is 4.35. The lowest BCUT2D eigenvalue weighted by atomic mass is 10.1. The number of aromatic carboxylic acids is 1. The van der Waals surface area contributed by atoms with Gasteiger partial charge in [0.2, 0.25) is 0 Å². The van der Waals surface area contributed by atoms with Gasteiger partial charge in [-0.1, -0.05) is 23.8 Å². The first-order valence-electron chi connectivity index (χ1n) is 6.60. The van der Waals surface area contributed by atoms with Crippen molar-refractivity contribution in [3.8, 4) is 0 Å². The van der Waals surface area contributed by atoms with E-state index in [0.717, 1.165) is 17.8 Å². The number of nitrogens with zero attached hydrogens (tertiary/aromatic N) is 2. The number of carbonyl (C=O) groups is 1. The van der Waals surface area contributed by atoms with Gasteiger partial charge in [0.05, 0.1) is 0 Å². The van der Waals surface area contributed by atoms with Crippen LogP contribution in [0.2, 0.25) is 0 Å². The molecule has 20 heavy (non-hydrogen) atoms. The van der Waals surface area contributed by atoms with E-state index in [0.29, 0.717) is 6.54 Å². The Morgan fingerprint density at radius 2 is 1.95 bits per heavy atom. The number of hydrogen-bond acceptors (Lipinski definition) is 3. The van der Waals surface area contributed by atoms with E-state index in [-0.39, 0.29) is 5.69 Å². The maximum absolute atomic E-state index is 11.2. The number of carboxylic acids is 1. The molecule has 4 heteroatoms. The van der Waals surface area contributed by atoms with Crippen LogP contribution in [0.1, 0.15) is 28.5 Å². The van der Waals surface area contributed by atoms with E-state index in [1.54, 1.807) is 6.07 Å². The smallest absolute Gasteiger partial charge is 0.354 e. The van der Waals surface area contributed by atoms with Crippen molar-refractivity contribution in [2.24, 2.45) is 0 Å². The molecule has 0 amide bonds. The van der Waals surface area contributed by atoms with Crippen LogP contribution < -0.4 is 4.90 Å². The molecule has 0 radical (unpaired) electrons. The third kappa shape index (κ3) is 3.15. The first-order chi connectivity index (χ1) is 9.61. The number of rotatable bonds is 5. The Morgan fingerprint density at radius 3 is 2.55 bits per heavy atom.